The number of sulfonamides is 1. The van der Waals surface area contributed by atoms with Gasteiger partial charge in [-0.3, -0.25) is 4.72 Å². The third-order valence-electron chi connectivity index (χ3n) is 3.59. The number of terminal acetylenes is 1. The van der Waals surface area contributed by atoms with Crippen LogP contribution in [-0.4, -0.2) is 38.2 Å². The second kappa shape index (κ2) is 9.09. The van der Waals surface area contributed by atoms with E-state index < -0.39 is 21.9 Å². The van der Waals surface area contributed by atoms with Crippen LogP contribution in [0.3, 0.4) is 0 Å². The highest BCUT2D eigenvalue weighted by Gasteiger charge is 2.16. The van der Waals surface area contributed by atoms with Gasteiger partial charge in [0.1, 0.15) is 11.6 Å². The van der Waals surface area contributed by atoms with E-state index >= 15 is 0 Å². The zero-order valence-corrected chi connectivity index (χ0v) is 15.6. The van der Waals surface area contributed by atoms with Crippen molar-refractivity contribution in [1.82, 2.24) is 10.2 Å². The summed E-state index contributed by atoms with van der Waals surface area (Å²) in [5.74, 6) is 2.04. The number of amides is 2. The number of urea groups is 1. The van der Waals surface area contributed by atoms with Gasteiger partial charge in [-0.1, -0.05) is 12.0 Å². The summed E-state index contributed by atoms with van der Waals surface area (Å²) in [7, 11) is -3.76. The minimum absolute atomic E-state index is 0.0418. The Bertz CT molecular complexity index is 921. The molecule has 144 valence electrons. The molecule has 2 N–H and O–H groups in total. The summed E-state index contributed by atoms with van der Waals surface area (Å²) in [4.78, 5) is 13.5. The number of nitrogens with zero attached hydrogens (tertiary/aromatic N) is 1. The van der Waals surface area contributed by atoms with Crippen molar-refractivity contribution in [3.05, 3.63) is 53.7 Å². The highest BCUT2D eigenvalue weighted by atomic mass is 32.2. The van der Waals surface area contributed by atoms with Crippen molar-refractivity contribution >= 4 is 21.7 Å². The van der Waals surface area contributed by atoms with Gasteiger partial charge in [0.15, 0.2) is 0 Å². The number of benzene rings is 1. The molecular formula is C18H20FN3O4S. The highest BCUT2D eigenvalue weighted by molar-refractivity contribution is 7.92. The van der Waals surface area contributed by atoms with Gasteiger partial charge < -0.3 is 14.6 Å². The predicted octanol–water partition coefficient (Wildman–Crippen LogP) is 2.31. The van der Waals surface area contributed by atoms with E-state index in [1.165, 1.54) is 23.3 Å². The smallest absolute Gasteiger partial charge is 0.318 e. The third kappa shape index (κ3) is 6.34. The van der Waals surface area contributed by atoms with E-state index in [1.807, 2.05) is 0 Å². The fraction of sp³-hybridized carbons (Fsp3) is 0.278. The van der Waals surface area contributed by atoms with Crippen LogP contribution in [0.1, 0.15) is 11.3 Å². The summed E-state index contributed by atoms with van der Waals surface area (Å²) >= 11 is 0. The number of anilines is 1. The number of carbonyl (C=O) groups is 1. The molecule has 2 amide bonds. The van der Waals surface area contributed by atoms with Crippen molar-refractivity contribution in [2.24, 2.45) is 0 Å². The van der Waals surface area contributed by atoms with Gasteiger partial charge in [0.05, 0.1) is 30.8 Å². The van der Waals surface area contributed by atoms with Gasteiger partial charge in [0.2, 0.25) is 10.0 Å². The predicted molar refractivity (Wildman–Crippen MR) is 99.9 cm³/mol. The molecule has 9 heteroatoms. The fourth-order valence-electron chi connectivity index (χ4n) is 2.19. The molecule has 2 rings (SSSR count). The molecule has 0 fully saturated rings. The zero-order chi connectivity index (χ0) is 19.9. The molecular weight excluding hydrogens is 373 g/mol. The number of hydrogen-bond acceptors (Lipinski definition) is 4. The Kier molecular flexibility index (Phi) is 6.85. The summed E-state index contributed by atoms with van der Waals surface area (Å²) in [6.07, 6.45) is 6.74. The first-order valence-electron chi connectivity index (χ1n) is 8.06. The normalized spacial score (nSPS) is 10.9. The van der Waals surface area contributed by atoms with Crippen LogP contribution in [0.15, 0.2) is 41.0 Å². The van der Waals surface area contributed by atoms with Crippen molar-refractivity contribution in [2.75, 3.05) is 23.6 Å². The largest absolute Gasteiger partial charge is 0.467 e. The first kappa shape index (κ1) is 20.3. The zero-order valence-electron chi connectivity index (χ0n) is 14.7. The molecule has 0 saturated carbocycles. The van der Waals surface area contributed by atoms with Crippen molar-refractivity contribution in [3.63, 3.8) is 0 Å². The number of hydrogen-bond donors (Lipinski definition) is 2. The average Bonchev–Trinajstić information content (AvgIpc) is 3.10. The second-order valence-electron chi connectivity index (χ2n) is 5.76. The Morgan fingerprint density at radius 1 is 1.37 bits per heavy atom. The summed E-state index contributed by atoms with van der Waals surface area (Å²) in [6, 6.07) is 6.91. The third-order valence-corrected chi connectivity index (χ3v) is 4.88. The van der Waals surface area contributed by atoms with E-state index in [4.69, 9.17) is 10.8 Å². The molecule has 1 aromatic heterocycles. The van der Waals surface area contributed by atoms with E-state index in [9.17, 15) is 17.6 Å². The number of aryl methyl sites for hydroxylation is 1. The topological polar surface area (TPSA) is 91.7 Å². The van der Waals surface area contributed by atoms with Gasteiger partial charge in [-0.15, -0.1) is 6.42 Å². The van der Waals surface area contributed by atoms with E-state index in [0.717, 1.165) is 6.07 Å². The van der Waals surface area contributed by atoms with Gasteiger partial charge in [-0.05, 0) is 36.8 Å². The lowest BCUT2D eigenvalue weighted by Gasteiger charge is -2.19. The van der Waals surface area contributed by atoms with Gasteiger partial charge in [-0.2, -0.15) is 0 Å². The second-order valence-corrected chi connectivity index (χ2v) is 7.60. The Balaban J connectivity index is 1.87. The maximum absolute atomic E-state index is 13.5. The lowest BCUT2D eigenvalue weighted by Crippen LogP contribution is -2.41. The Morgan fingerprint density at radius 2 is 2.15 bits per heavy atom. The summed E-state index contributed by atoms with van der Waals surface area (Å²) in [5.41, 5.74) is 0.534. The number of nitrogens with one attached hydrogen (secondary N) is 2. The molecule has 1 aromatic carbocycles. The van der Waals surface area contributed by atoms with Crippen molar-refractivity contribution in [1.29, 1.82) is 0 Å². The molecule has 7 nitrogen and oxygen atoms in total. The molecule has 0 aliphatic rings. The van der Waals surface area contributed by atoms with Crippen LogP contribution < -0.4 is 10.0 Å². The maximum atomic E-state index is 13.5. The SMILES string of the molecule is C#CCN(Cc1ccco1)C(=O)NCCS(=O)(=O)Nc1ccc(C)c(F)c1. The number of rotatable bonds is 8. The van der Waals surface area contributed by atoms with Crippen LogP contribution in [0, 0.1) is 25.1 Å². The van der Waals surface area contributed by atoms with E-state index in [-0.39, 0.29) is 31.1 Å². The van der Waals surface area contributed by atoms with Crippen LogP contribution >= 0.6 is 0 Å². The number of carbonyl (C=O) groups excluding carboxylic acids is 1. The molecule has 0 saturated heterocycles. The lowest BCUT2D eigenvalue weighted by molar-refractivity contribution is 0.198. The molecule has 1 heterocycles. The Labute approximate surface area is 157 Å². The van der Waals surface area contributed by atoms with E-state index in [0.29, 0.717) is 11.3 Å². The molecule has 0 aliphatic heterocycles. The monoisotopic (exact) mass is 393 g/mol. The fourth-order valence-corrected chi connectivity index (χ4v) is 3.15. The van der Waals surface area contributed by atoms with Crippen molar-refractivity contribution < 1.29 is 22.0 Å². The first-order chi connectivity index (χ1) is 12.8. The number of halogens is 1. The lowest BCUT2D eigenvalue weighted by atomic mass is 10.2. The molecule has 2 aromatic rings. The maximum Gasteiger partial charge on any atom is 0.318 e. The summed E-state index contributed by atoms with van der Waals surface area (Å²) < 4.78 is 45.1. The van der Waals surface area contributed by atoms with Crippen LogP contribution in [0.5, 0.6) is 0 Å². The molecule has 0 atom stereocenters. The first-order valence-corrected chi connectivity index (χ1v) is 9.71. The van der Waals surface area contributed by atoms with Crippen LogP contribution in [0.2, 0.25) is 0 Å². The van der Waals surface area contributed by atoms with Crippen molar-refractivity contribution in [3.8, 4) is 12.3 Å². The quantitative estimate of drug-likeness (QED) is 0.674. The average molecular weight is 393 g/mol. The minimum atomic E-state index is -3.76. The molecule has 27 heavy (non-hydrogen) atoms. The minimum Gasteiger partial charge on any atom is -0.467 e. The van der Waals surface area contributed by atoms with Crippen LogP contribution in [-0.2, 0) is 16.6 Å². The van der Waals surface area contributed by atoms with Gasteiger partial charge in [0.25, 0.3) is 0 Å². The summed E-state index contributed by atoms with van der Waals surface area (Å²) in [5, 5.41) is 2.50. The van der Waals surface area contributed by atoms with Crippen LogP contribution in [0.25, 0.3) is 0 Å². The van der Waals surface area contributed by atoms with Gasteiger partial charge >= 0.3 is 6.03 Å². The summed E-state index contributed by atoms with van der Waals surface area (Å²) in [6.45, 7) is 1.65. The molecule has 0 spiro atoms. The highest BCUT2D eigenvalue weighted by Crippen LogP contribution is 2.15. The van der Waals surface area contributed by atoms with E-state index in [1.54, 1.807) is 19.1 Å². The number of furan rings is 1. The van der Waals surface area contributed by atoms with Crippen molar-refractivity contribution in [2.45, 2.75) is 13.5 Å². The van der Waals surface area contributed by atoms with E-state index in [2.05, 4.69) is 16.0 Å². The van der Waals surface area contributed by atoms with Gasteiger partial charge in [-0.25, -0.2) is 17.6 Å². The molecule has 0 radical (unpaired) electrons. The van der Waals surface area contributed by atoms with Gasteiger partial charge in [0, 0.05) is 6.54 Å². The molecule has 0 bridgehead atoms. The van der Waals surface area contributed by atoms with Crippen LogP contribution in [0.4, 0.5) is 14.9 Å². The Morgan fingerprint density at radius 3 is 2.78 bits per heavy atom. The molecule has 0 aliphatic carbocycles. The molecule has 0 unspecified atom stereocenters. The standard InChI is InChI=1S/C18H20FN3O4S/c1-3-9-22(13-16-5-4-10-26-16)18(23)20-8-11-27(24,25)21-15-7-6-14(2)17(19)12-15/h1,4-7,10,12,21H,8-9,11,13H2,2H3,(H,20,23). The Hall–Kier alpha value is -2.99.